The summed E-state index contributed by atoms with van der Waals surface area (Å²) in [5.41, 5.74) is 3.44. The van der Waals surface area contributed by atoms with Crippen molar-refractivity contribution in [2.24, 2.45) is 0 Å². The Morgan fingerprint density at radius 1 is 0.882 bits per heavy atom. The van der Waals surface area contributed by atoms with E-state index in [1.807, 2.05) is 58.8 Å². The van der Waals surface area contributed by atoms with Crippen LogP contribution in [0.2, 0.25) is 0 Å². The number of thioether (sulfide) groups is 1. The minimum atomic E-state index is -0.113. The van der Waals surface area contributed by atoms with Crippen LogP contribution in [0.4, 0.5) is 5.69 Å². The second-order valence-corrected chi connectivity index (χ2v) is 10.1. The van der Waals surface area contributed by atoms with Crippen LogP contribution < -0.4 is 5.32 Å². The van der Waals surface area contributed by atoms with Crippen molar-refractivity contribution in [1.29, 1.82) is 0 Å². The topological polar surface area (TPSA) is 73.0 Å². The highest BCUT2D eigenvalue weighted by molar-refractivity contribution is 7.99. The smallest absolute Gasteiger partial charge is 0.253 e. The van der Waals surface area contributed by atoms with Gasteiger partial charge in [0, 0.05) is 62.0 Å². The van der Waals surface area contributed by atoms with Crippen LogP contribution in [0.3, 0.4) is 0 Å². The van der Waals surface area contributed by atoms with Crippen LogP contribution in [0.5, 0.6) is 0 Å². The molecule has 7 nitrogen and oxygen atoms in total. The number of amides is 3. The molecule has 1 N–H and O–H groups in total. The zero-order chi connectivity index (χ0) is 23.9. The lowest BCUT2D eigenvalue weighted by Gasteiger charge is -2.34. The molecule has 0 saturated carbocycles. The third-order valence-corrected chi connectivity index (χ3v) is 7.20. The molecule has 0 atom stereocenters. The minimum Gasteiger partial charge on any atom is -0.340 e. The number of carbonyl (C=O) groups is 3. The molecule has 34 heavy (non-hydrogen) atoms. The van der Waals surface area contributed by atoms with Gasteiger partial charge in [0.15, 0.2) is 0 Å². The van der Waals surface area contributed by atoms with Gasteiger partial charge in [-0.1, -0.05) is 35.9 Å². The Balaban J connectivity index is 1.23. The average Bonchev–Trinajstić information content (AvgIpc) is 2.86. The summed E-state index contributed by atoms with van der Waals surface area (Å²) in [5.74, 6) is 1.96. The van der Waals surface area contributed by atoms with Crippen molar-refractivity contribution in [2.45, 2.75) is 13.3 Å². The number of nitrogens with zero attached hydrogens (tertiary/aromatic N) is 3. The summed E-state index contributed by atoms with van der Waals surface area (Å²) in [7, 11) is 0. The van der Waals surface area contributed by atoms with Gasteiger partial charge in [-0.15, -0.1) is 0 Å². The molecular weight excluding hydrogens is 448 g/mol. The summed E-state index contributed by atoms with van der Waals surface area (Å²) in [4.78, 5) is 43.8. The molecule has 180 valence electrons. The van der Waals surface area contributed by atoms with Crippen LogP contribution in [0.1, 0.15) is 21.5 Å². The molecule has 2 fully saturated rings. The molecule has 2 aromatic rings. The van der Waals surface area contributed by atoms with Crippen molar-refractivity contribution >= 4 is 35.2 Å². The van der Waals surface area contributed by atoms with E-state index >= 15 is 0 Å². The lowest BCUT2D eigenvalue weighted by Crippen LogP contribution is -2.50. The predicted molar refractivity (Wildman–Crippen MR) is 136 cm³/mol. The Hall–Kier alpha value is -2.84. The molecule has 3 amide bonds. The molecule has 0 aromatic heterocycles. The van der Waals surface area contributed by atoms with E-state index in [1.54, 1.807) is 18.2 Å². The predicted octanol–water partition coefficient (Wildman–Crippen LogP) is 2.51. The van der Waals surface area contributed by atoms with Gasteiger partial charge in [-0.25, -0.2) is 0 Å². The van der Waals surface area contributed by atoms with Gasteiger partial charge in [0.1, 0.15) is 0 Å². The van der Waals surface area contributed by atoms with Gasteiger partial charge in [0.25, 0.3) is 5.91 Å². The van der Waals surface area contributed by atoms with E-state index in [2.05, 4.69) is 10.2 Å². The first-order chi connectivity index (χ1) is 16.5. The molecule has 0 radical (unpaired) electrons. The van der Waals surface area contributed by atoms with E-state index < -0.39 is 0 Å². The Kier molecular flexibility index (Phi) is 8.24. The minimum absolute atomic E-state index is 0.0165. The highest BCUT2D eigenvalue weighted by atomic mass is 32.2. The summed E-state index contributed by atoms with van der Waals surface area (Å²) < 4.78 is 0. The van der Waals surface area contributed by atoms with Gasteiger partial charge in [0.05, 0.1) is 13.0 Å². The number of aryl methyl sites for hydroxylation is 1. The number of benzene rings is 2. The Bertz CT molecular complexity index is 1010. The highest BCUT2D eigenvalue weighted by Gasteiger charge is 2.23. The third-order valence-electron chi connectivity index (χ3n) is 6.26. The van der Waals surface area contributed by atoms with Crippen LogP contribution >= 0.6 is 11.8 Å². The van der Waals surface area contributed by atoms with Crippen LogP contribution in [-0.4, -0.2) is 89.7 Å². The highest BCUT2D eigenvalue weighted by Crippen LogP contribution is 2.16. The fourth-order valence-electron chi connectivity index (χ4n) is 4.23. The van der Waals surface area contributed by atoms with Gasteiger partial charge in [0.2, 0.25) is 11.8 Å². The summed E-state index contributed by atoms with van der Waals surface area (Å²) in [6.45, 7) is 6.40. The van der Waals surface area contributed by atoms with Gasteiger partial charge in [-0.3, -0.25) is 19.3 Å². The van der Waals surface area contributed by atoms with Crippen LogP contribution in [0.25, 0.3) is 0 Å². The summed E-state index contributed by atoms with van der Waals surface area (Å²) >= 11 is 1.86. The second kappa shape index (κ2) is 11.5. The first kappa shape index (κ1) is 24.3. The number of hydrogen-bond donors (Lipinski definition) is 1. The monoisotopic (exact) mass is 480 g/mol. The van der Waals surface area contributed by atoms with E-state index in [0.717, 1.165) is 30.2 Å². The number of nitrogens with one attached hydrogen (secondary N) is 1. The summed E-state index contributed by atoms with van der Waals surface area (Å²) in [6.07, 6.45) is 0.409. The summed E-state index contributed by atoms with van der Waals surface area (Å²) in [6, 6.07) is 15.2. The Morgan fingerprint density at radius 3 is 2.29 bits per heavy atom. The lowest BCUT2D eigenvalue weighted by molar-refractivity contribution is -0.132. The van der Waals surface area contributed by atoms with Crippen molar-refractivity contribution in [3.05, 3.63) is 65.2 Å². The van der Waals surface area contributed by atoms with Gasteiger partial charge in [-0.2, -0.15) is 11.8 Å². The molecule has 4 rings (SSSR count). The molecule has 0 bridgehead atoms. The van der Waals surface area contributed by atoms with Gasteiger partial charge in [-0.05, 0) is 30.7 Å². The first-order valence-corrected chi connectivity index (χ1v) is 13.0. The standard InChI is InChI=1S/C26H32N4O3S/c1-20-5-7-21(8-6-20)17-25(32)29-11-9-28(10-12-29)19-24(31)27-23-4-2-3-22(18-23)26(33)30-13-15-34-16-14-30/h2-8,18H,9-17,19H2,1H3,(H,27,31). The van der Waals surface area contributed by atoms with E-state index in [9.17, 15) is 14.4 Å². The largest absolute Gasteiger partial charge is 0.340 e. The molecule has 2 heterocycles. The number of carbonyl (C=O) groups excluding carboxylic acids is 3. The van der Waals surface area contributed by atoms with E-state index in [-0.39, 0.29) is 24.3 Å². The Labute approximate surface area is 205 Å². The molecule has 8 heteroatoms. The first-order valence-electron chi connectivity index (χ1n) is 11.8. The van der Waals surface area contributed by atoms with Crippen LogP contribution in [-0.2, 0) is 16.0 Å². The second-order valence-electron chi connectivity index (χ2n) is 8.85. The summed E-state index contributed by atoms with van der Waals surface area (Å²) in [5, 5.41) is 2.92. The molecule has 2 saturated heterocycles. The zero-order valence-electron chi connectivity index (χ0n) is 19.7. The normalized spacial score (nSPS) is 16.9. The maximum Gasteiger partial charge on any atom is 0.253 e. The molecule has 2 aromatic carbocycles. The maximum absolute atomic E-state index is 12.7. The maximum atomic E-state index is 12.7. The number of hydrogen-bond acceptors (Lipinski definition) is 5. The van der Waals surface area contributed by atoms with Gasteiger partial charge < -0.3 is 15.1 Å². The van der Waals surface area contributed by atoms with E-state index in [1.165, 1.54) is 5.56 Å². The lowest BCUT2D eigenvalue weighted by atomic mass is 10.1. The number of anilines is 1. The third kappa shape index (κ3) is 6.61. The molecular formula is C26H32N4O3S. The van der Waals surface area contributed by atoms with Crippen molar-refractivity contribution in [2.75, 3.05) is 62.6 Å². The van der Waals surface area contributed by atoms with Crippen molar-refractivity contribution in [1.82, 2.24) is 14.7 Å². The van der Waals surface area contributed by atoms with Crippen molar-refractivity contribution < 1.29 is 14.4 Å². The van der Waals surface area contributed by atoms with Crippen molar-refractivity contribution in [3.63, 3.8) is 0 Å². The van der Waals surface area contributed by atoms with Crippen LogP contribution in [0, 0.1) is 6.92 Å². The van der Waals surface area contributed by atoms with Crippen molar-refractivity contribution in [3.8, 4) is 0 Å². The average molecular weight is 481 g/mol. The molecule has 0 unspecified atom stereocenters. The fourth-order valence-corrected chi connectivity index (χ4v) is 5.13. The van der Waals surface area contributed by atoms with E-state index in [4.69, 9.17) is 0 Å². The molecule has 0 aliphatic carbocycles. The quantitative estimate of drug-likeness (QED) is 0.688. The molecule has 2 aliphatic rings. The van der Waals surface area contributed by atoms with Crippen LogP contribution in [0.15, 0.2) is 48.5 Å². The molecule has 2 aliphatic heterocycles. The fraction of sp³-hybridized carbons (Fsp3) is 0.423. The number of piperazine rings is 1. The zero-order valence-corrected chi connectivity index (χ0v) is 20.5. The molecule has 0 spiro atoms. The SMILES string of the molecule is Cc1ccc(CC(=O)N2CCN(CC(=O)Nc3cccc(C(=O)N4CCSCC4)c3)CC2)cc1. The van der Waals surface area contributed by atoms with Gasteiger partial charge >= 0.3 is 0 Å². The number of rotatable bonds is 6. The van der Waals surface area contributed by atoms with E-state index in [0.29, 0.717) is 43.9 Å². The Morgan fingerprint density at radius 2 is 1.59 bits per heavy atom.